The van der Waals surface area contributed by atoms with Crippen molar-refractivity contribution in [1.82, 2.24) is 24.4 Å². The third kappa shape index (κ3) is 4.09. The topological polar surface area (TPSA) is 101 Å². The number of aryl methyl sites for hydroxylation is 1. The highest BCUT2D eigenvalue weighted by molar-refractivity contribution is 5.49. The number of rotatable bonds is 5. The van der Waals surface area contributed by atoms with Gasteiger partial charge in [0.1, 0.15) is 11.6 Å². The fraction of sp³-hybridized carbons (Fsp3) is 0.565. The van der Waals surface area contributed by atoms with E-state index in [1.54, 1.807) is 12.3 Å². The van der Waals surface area contributed by atoms with Gasteiger partial charge in [0.25, 0.3) is 5.56 Å². The van der Waals surface area contributed by atoms with Crippen LogP contribution in [0, 0.1) is 6.92 Å². The van der Waals surface area contributed by atoms with E-state index >= 15 is 0 Å². The van der Waals surface area contributed by atoms with Gasteiger partial charge in [-0.1, -0.05) is 12.8 Å². The molecule has 0 aromatic carbocycles. The molecule has 2 fully saturated rings. The molecule has 0 radical (unpaired) electrons. The molecule has 1 saturated heterocycles. The molecule has 170 valence electrons. The number of nitrogens with one attached hydrogen (secondary N) is 1. The first-order valence-corrected chi connectivity index (χ1v) is 11.7. The summed E-state index contributed by atoms with van der Waals surface area (Å²) < 4.78 is 3.35. The Morgan fingerprint density at radius 3 is 2.84 bits per heavy atom. The smallest absolute Gasteiger partial charge is 0.267 e. The second-order valence-corrected chi connectivity index (χ2v) is 9.00. The van der Waals surface area contributed by atoms with Crippen LogP contribution in [0.4, 0.5) is 11.6 Å². The maximum absolute atomic E-state index is 12.6. The Hall–Kier alpha value is -2.94. The van der Waals surface area contributed by atoms with Crippen LogP contribution in [0.3, 0.4) is 0 Å². The van der Waals surface area contributed by atoms with Crippen molar-refractivity contribution < 1.29 is 5.11 Å². The van der Waals surface area contributed by atoms with Crippen LogP contribution in [0.15, 0.2) is 35.3 Å². The van der Waals surface area contributed by atoms with Crippen LogP contribution in [0.2, 0.25) is 0 Å². The van der Waals surface area contributed by atoms with Gasteiger partial charge < -0.3 is 15.3 Å². The Labute approximate surface area is 187 Å². The van der Waals surface area contributed by atoms with Gasteiger partial charge in [-0.25, -0.2) is 9.67 Å². The molecule has 5 rings (SSSR count). The van der Waals surface area contributed by atoms with E-state index in [1.807, 2.05) is 29.6 Å². The summed E-state index contributed by atoms with van der Waals surface area (Å²) >= 11 is 0. The molecule has 1 aliphatic heterocycles. The average molecular weight is 438 g/mol. The van der Waals surface area contributed by atoms with Gasteiger partial charge in [-0.15, -0.1) is 0 Å². The number of anilines is 2. The van der Waals surface area contributed by atoms with Crippen molar-refractivity contribution in [2.24, 2.45) is 0 Å². The molecule has 1 aliphatic carbocycles. The maximum Gasteiger partial charge on any atom is 0.267 e. The van der Waals surface area contributed by atoms with E-state index in [9.17, 15) is 9.90 Å². The number of fused-ring (bicyclic) bond motifs is 1. The molecule has 3 unspecified atom stereocenters. The minimum Gasteiger partial charge on any atom is -0.391 e. The molecule has 0 amide bonds. The van der Waals surface area contributed by atoms with E-state index in [2.05, 4.69) is 20.3 Å². The van der Waals surface area contributed by atoms with Gasteiger partial charge in [-0.3, -0.25) is 4.79 Å². The predicted molar refractivity (Wildman–Crippen MR) is 123 cm³/mol. The zero-order valence-electron chi connectivity index (χ0n) is 18.5. The van der Waals surface area contributed by atoms with Crippen molar-refractivity contribution >= 4 is 17.3 Å². The van der Waals surface area contributed by atoms with Gasteiger partial charge in [-0.2, -0.15) is 14.7 Å². The normalized spacial score (nSPS) is 24.1. The minimum absolute atomic E-state index is 0.139. The fourth-order valence-corrected chi connectivity index (χ4v) is 5.08. The highest BCUT2D eigenvalue weighted by Gasteiger charge is 2.29. The Morgan fingerprint density at radius 1 is 1.12 bits per heavy atom. The average Bonchev–Trinajstić information content (AvgIpc) is 3.27. The van der Waals surface area contributed by atoms with Gasteiger partial charge in [0.2, 0.25) is 0 Å². The van der Waals surface area contributed by atoms with Crippen molar-refractivity contribution in [3.8, 4) is 0 Å². The quantitative estimate of drug-likeness (QED) is 0.633. The predicted octanol–water partition coefficient (Wildman–Crippen LogP) is 2.54. The van der Waals surface area contributed by atoms with Crippen LogP contribution in [0.1, 0.15) is 56.7 Å². The first-order chi connectivity index (χ1) is 15.6. The van der Waals surface area contributed by atoms with Crippen LogP contribution in [0.25, 0.3) is 5.65 Å². The number of nitrogens with zero attached hydrogens (tertiary/aromatic N) is 6. The summed E-state index contributed by atoms with van der Waals surface area (Å²) in [5, 5.41) is 23.2. The molecule has 0 spiro atoms. The summed E-state index contributed by atoms with van der Waals surface area (Å²) in [7, 11) is 0. The summed E-state index contributed by atoms with van der Waals surface area (Å²) in [5.41, 5.74) is 1.63. The second kappa shape index (κ2) is 8.90. The molecule has 9 heteroatoms. The Kier molecular flexibility index (Phi) is 5.82. The zero-order valence-corrected chi connectivity index (χ0v) is 18.5. The van der Waals surface area contributed by atoms with Gasteiger partial charge in [0, 0.05) is 43.0 Å². The van der Waals surface area contributed by atoms with E-state index in [4.69, 9.17) is 5.10 Å². The van der Waals surface area contributed by atoms with Gasteiger partial charge in [0.15, 0.2) is 5.65 Å². The lowest BCUT2D eigenvalue weighted by atomic mass is 9.93. The van der Waals surface area contributed by atoms with Gasteiger partial charge in [0.05, 0.1) is 18.3 Å². The largest absolute Gasteiger partial charge is 0.391 e. The van der Waals surface area contributed by atoms with Crippen molar-refractivity contribution in [1.29, 1.82) is 0 Å². The zero-order chi connectivity index (χ0) is 22.1. The number of hydrogen-bond donors (Lipinski definition) is 2. The summed E-state index contributed by atoms with van der Waals surface area (Å²) in [4.78, 5) is 19.4. The van der Waals surface area contributed by atoms with Crippen LogP contribution >= 0.6 is 0 Å². The molecular weight excluding hydrogens is 406 g/mol. The summed E-state index contributed by atoms with van der Waals surface area (Å²) in [5.74, 6) is 1.73. The molecule has 3 atom stereocenters. The third-order valence-electron chi connectivity index (χ3n) is 6.75. The number of aliphatic hydroxyl groups excluding tert-OH is 1. The maximum atomic E-state index is 12.6. The van der Waals surface area contributed by atoms with Gasteiger partial charge in [-0.05, 0) is 45.1 Å². The molecule has 9 nitrogen and oxygen atoms in total. The highest BCUT2D eigenvalue weighted by Crippen LogP contribution is 2.28. The number of aromatic nitrogens is 5. The molecule has 3 aromatic rings. The molecular formula is C23H31N7O2. The molecule has 32 heavy (non-hydrogen) atoms. The van der Waals surface area contributed by atoms with Crippen molar-refractivity contribution in [2.75, 3.05) is 23.3 Å². The van der Waals surface area contributed by atoms with E-state index < -0.39 is 6.10 Å². The van der Waals surface area contributed by atoms with Crippen molar-refractivity contribution in [3.63, 3.8) is 0 Å². The standard InChI is InChI=1S/C23H31N7O2/c1-16-14-22(30-20(26-16)11-12-25-30)24-15-17-6-4-5-13-28(17)21-9-10-23(32)29(27-21)18-7-2-3-8-19(18)31/h9-12,14,17-19,24,31H,2-8,13,15H2,1H3. The SMILES string of the molecule is Cc1cc(NCC2CCCCN2c2ccc(=O)n(C3CCCCC3O)n2)n2nccc2n1. The summed E-state index contributed by atoms with van der Waals surface area (Å²) in [6, 6.07) is 7.35. The van der Waals surface area contributed by atoms with Crippen molar-refractivity contribution in [2.45, 2.75) is 70.1 Å². The lowest BCUT2D eigenvalue weighted by Gasteiger charge is -2.37. The van der Waals surface area contributed by atoms with Crippen molar-refractivity contribution in [3.05, 3.63) is 46.5 Å². The number of aliphatic hydroxyl groups is 1. The Balaban J connectivity index is 1.38. The second-order valence-electron chi connectivity index (χ2n) is 9.00. The molecule has 3 aromatic heterocycles. The highest BCUT2D eigenvalue weighted by atomic mass is 16.3. The molecule has 0 bridgehead atoms. The van der Waals surface area contributed by atoms with E-state index in [0.717, 1.165) is 81.0 Å². The van der Waals surface area contributed by atoms with Gasteiger partial charge >= 0.3 is 0 Å². The minimum atomic E-state index is -0.505. The monoisotopic (exact) mass is 437 g/mol. The molecule has 2 N–H and O–H groups in total. The number of piperidine rings is 1. The van der Waals surface area contributed by atoms with E-state index in [0.29, 0.717) is 0 Å². The lowest BCUT2D eigenvalue weighted by molar-refractivity contribution is 0.0669. The lowest BCUT2D eigenvalue weighted by Crippen LogP contribution is -2.45. The first kappa shape index (κ1) is 20.9. The molecule has 1 saturated carbocycles. The number of hydrogen-bond acceptors (Lipinski definition) is 7. The summed E-state index contributed by atoms with van der Waals surface area (Å²) in [6.07, 6.45) is 8.11. The van der Waals surface area contributed by atoms with Crippen LogP contribution in [0.5, 0.6) is 0 Å². The molecule has 2 aliphatic rings. The summed E-state index contributed by atoms with van der Waals surface area (Å²) in [6.45, 7) is 3.63. The first-order valence-electron chi connectivity index (χ1n) is 11.7. The van der Waals surface area contributed by atoms with Crippen LogP contribution < -0.4 is 15.8 Å². The fourth-order valence-electron chi connectivity index (χ4n) is 5.08. The Morgan fingerprint density at radius 2 is 1.97 bits per heavy atom. The molecule has 4 heterocycles. The van der Waals surface area contributed by atoms with E-state index in [1.165, 1.54) is 4.68 Å². The van der Waals surface area contributed by atoms with Crippen LogP contribution in [-0.2, 0) is 0 Å². The third-order valence-corrected chi connectivity index (χ3v) is 6.75. The van der Waals surface area contributed by atoms with Crippen LogP contribution in [-0.4, -0.2) is 54.7 Å². The van der Waals surface area contributed by atoms with E-state index in [-0.39, 0.29) is 17.6 Å². The Bertz CT molecular complexity index is 1140.